The monoisotopic (exact) mass is 395 g/mol. The van der Waals surface area contributed by atoms with Gasteiger partial charge < -0.3 is 4.42 Å². The van der Waals surface area contributed by atoms with Gasteiger partial charge in [-0.2, -0.15) is 0 Å². The van der Waals surface area contributed by atoms with E-state index in [2.05, 4.69) is 15.3 Å². The molecule has 27 heavy (non-hydrogen) atoms. The number of carbonyl (C=O) groups is 1. The van der Waals surface area contributed by atoms with Gasteiger partial charge in [-0.05, 0) is 36.8 Å². The molecule has 134 valence electrons. The van der Waals surface area contributed by atoms with E-state index in [4.69, 9.17) is 16.0 Å². The zero-order chi connectivity index (χ0) is 18.8. The Balaban J connectivity index is 1.90. The van der Waals surface area contributed by atoms with Gasteiger partial charge in [0, 0.05) is 22.0 Å². The fourth-order valence-corrected chi connectivity index (χ4v) is 3.28. The summed E-state index contributed by atoms with van der Waals surface area (Å²) < 4.78 is 5.94. The second-order valence-electron chi connectivity index (χ2n) is 5.79. The lowest BCUT2D eigenvalue weighted by Gasteiger charge is -2.06. The van der Waals surface area contributed by atoms with E-state index in [9.17, 15) is 4.79 Å². The lowest BCUT2D eigenvalue weighted by Crippen LogP contribution is -2.21. The molecule has 5 nitrogen and oxygen atoms in total. The molecule has 0 bridgehead atoms. The molecule has 7 heteroatoms. The van der Waals surface area contributed by atoms with Crippen LogP contribution in [0.25, 0.3) is 11.0 Å². The number of aromatic nitrogens is 1. The van der Waals surface area contributed by atoms with Gasteiger partial charge in [0.2, 0.25) is 5.55 Å². The summed E-state index contributed by atoms with van der Waals surface area (Å²) >= 11 is 7.54. The zero-order valence-corrected chi connectivity index (χ0v) is 15.8. The number of nitrogens with one attached hydrogen (secondary N) is 1. The average Bonchev–Trinajstić information content (AvgIpc) is 3.18. The first-order valence-corrected chi connectivity index (χ1v) is 9.41. The molecular formula is C20H14ClN3O2S. The van der Waals surface area contributed by atoms with Crippen LogP contribution in [0.2, 0.25) is 5.02 Å². The Morgan fingerprint density at radius 1 is 1.22 bits per heavy atom. The number of amides is 1. The number of hydrogen-bond donors (Lipinski definition) is 1. The molecule has 0 fully saturated rings. The maximum atomic E-state index is 12.8. The third kappa shape index (κ3) is 3.63. The highest BCUT2D eigenvalue weighted by Crippen LogP contribution is 2.25. The molecule has 0 saturated carbocycles. The summed E-state index contributed by atoms with van der Waals surface area (Å²) in [7, 11) is 0. The van der Waals surface area contributed by atoms with Crippen LogP contribution in [0, 0.1) is 6.92 Å². The van der Waals surface area contributed by atoms with Crippen LogP contribution in [0.3, 0.4) is 0 Å². The fraction of sp³-hybridized carbons (Fsp3) is 0.0500. The lowest BCUT2D eigenvalue weighted by atomic mass is 10.1. The average molecular weight is 396 g/mol. The molecule has 0 aliphatic rings. The van der Waals surface area contributed by atoms with Crippen molar-refractivity contribution in [2.45, 2.75) is 6.92 Å². The van der Waals surface area contributed by atoms with Crippen molar-refractivity contribution in [1.29, 1.82) is 0 Å². The largest absolute Gasteiger partial charge is 0.438 e. The van der Waals surface area contributed by atoms with Crippen LogP contribution in [-0.4, -0.2) is 10.9 Å². The van der Waals surface area contributed by atoms with E-state index < -0.39 is 0 Å². The SMILES string of the molecule is Cc1c(Cl)cccc1N=c1oc2ccccc2cc1C(=O)Nc1nccs1. The van der Waals surface area contributed by atoms with Crippen molar-refractivity contribution in [1.82, 2.24) is 4.98 Å². The van der Waals surface area contributed by atoms with Crippen molar-refractivity contribution in [3.63, 3.8) is 0 Å². The summed E-state index contributed by atoms with van der Waals surface area (Å²) in [5.74, 6) is -0.335. The van der Waals surface area contributed by atoms with Crippen molar-refractivity contribution in [3.05, 3.63) is 81.8 Å². The van der Waals surface area contributed by atoms with Gasteiger partial charge in [-0.15, -0.1) is 11.3 Å². The number of benzene rings is 2. The number of fused-ring (bicyclic) bond motifs is 1. The van der Waals surface area contributed by atoms with Crippen molar-refractivity contribution in [2.75, 3.05) is 5.32 Å². The van der Waals surface area contributed by atoms with E-state index in [-0.39, 0.29) is 11.5 Å². The summed E-state index contributed by atoms with van der Waals surface area (Å²) in [6, 6.07) is 14.7. The first kappa shape index (κ1) is 17.5. The van der Waals surface area contributed by atoms with Crippen LogP contribution >= 0.6 is 22.9 Å². The van der Waals surface area contributed by atoms with Gasteiger partial charge in [0.05, 0.1) is 5.69 Å². The van der Waals surface area contributed by atoms with E-state index in [1.54, 1.807) is 23.7 Å². The normalized spacial score (nSPS) is 11.7. The van der Waals surface area contributed by atoms with Gasteiger partial charge in [-0.3, -0.25) is 10.1 Å². The Kier molecular flexibility index (Phi) is 4.75. The highest BCUT2D eigenvalue weighted by molar-refractivity contribution is 7.13. The third-order valence-corrected chi connectivity index (χ3v) is 5.11. The Morgan fingerprint density at radius 2 is 2.07 bits per heavy atom. The minimum absolute atomic E-state index is 0.216. The smallest absolute Gasteiger partial charge is 0.262 e. The standard InChI is InChI=1S/C20H14ClN3O2S/c1-12-15(21)6-4-7-16(12)23-19-14(18(25)24-20-22-9-10-27-20)11-13-5-2-3-8-17(13)26-19/h2-11H,1H3,(H,22,24,25). The van der Waals surface area contributed by atoms with E-state index in [0.717, 1.165) is 10.9 Å². The zero-order valence-electron chi connectivity index (χ0n) is 14.3. The van der Waals surface area contributed by atoms with Gasteiger partial charge in [-0.25, -0.2) is 9.98 Å². The number of carbonyl (C=O) groups excluding carboxylic acids is 1. The molecule has 2 aromatic carbocycles. The minimum Gasteiger partial charge on any atom is -0.438 e. The molecule has 0 aliphatic heterocycles. The molecule has 0 aliphatic carbocycles. The molecule has 1 N–H and O–H groups in total. The van der Waals surface area contributed by atoms with Crippen molar-refractivity contribution in [2.24, 2.45) is 4.99 Å². The van der Waals surface area contributed by atoms with Crippen LogP contribution in [0.15, 0.2) is 69.5 Å². The lowest BCUT2D eigenvalue weighted by molar-refractivity contribution is 0.102. The van der Waals surface area contributed by atoms with Gasteiger partial charge in [0.1, 0.15) is 11.1 Å². The van der Waals surface area contributed by atoms with Gasteiger partial charge >= 0.3 is 0 Å². The predicted octanol–water partition coefficient (Wildman–Crippen LogP) is 5.34. The molecule has 4 aromatic rings. The predicted molar refractivity (Wildman–Crippen MR) is 108 cm³/mol. The molecule has 0 spiro atoms. The summed E-state index contributed by atoms with van der Waals surface area (Å²) in [6.45, 7) is 1.87. The molecule has 2 heterocycles. The van der Waals surface area contributed by atoms with Crippen LogP contribution in [0.5, 0.6) is 0 Å². The number of thiazole rings is 1. The van der Waals surface area contributed by atoms with Crippen LogP contribution in [0.4, 0.5) is 10.8 Å². The molecule has 0 atom stereocenters. The molecule has 0 unspecified atom stereocenters. The Bertz CT molecular complexity index is 1200. The van der Waals surface area contributed by atoms with Crippen LogP contribution in [0.1, 0.15) is 15.9 Å². The molecule has 1 amide bonds. The summed E-state index contributed by atoms with van der Waals surface area (Å²) in [6.07, 6.45) is 1.63. The molecule has 2 aromatic heterocycles. The summed E-state index contributed by atoms with van der Waals surface area (Å²) in [5, 5.41) is 6.49. The number of nitrogens with zero attached hydrogens (tertiary/aromatic N) is 2. The Morgan fingerprint density at radius 3 is 2.89 bits per heavy atom. The van der Waals surface area contributed by atoms with Gasteiger partial charge in [-0.1, -0.05) is 35.9 Å². The molecule has 0 radical (unpaired) electrons. The van der Waals surface area contributed by atoms with Crippen LogP contribution in [-0.2, 0) is 0 Å². The number of halogens is 1. The quantitative estimate of drug-likeness (QED) is 0.509. The second-order valence-corrected chi connectivity index (χ2v) is 7.09. The van der Waals surface area contributed by atoms with Gasteiger partial charge in [0.15, 0.2) is 5.13 Å². The third-order valence-electron chi connectivity index (χ3n) is 4.01. The summed E-state index contributed by atoms with van der Waals surface area (Å²) in [5.41, 5.74) is 2.64. The molecular weight excluding hydrogens is 382 g/mol. The van der Waals surface area contributed by atoms with E-state index in [1.165, 1.54) is 11.3 Å². The minimum atomic E-state index is -0.335. The van der Waals surface area contributed by atoms with Crippen molar-refractivity contribution >= 4 is 50.6 Å². The Hall–Kier alpha value is -2.96. The molecule has 0 saturated heterocycles. The first-order valence-electron chi connectivity index (χ1n) is 8.15. The van der Waals surface area contributed by atoms with E-state index in [0.29, 0.717) is 27.0 Å². The molecule has 4 rings (SSSR count). The number of rotatable bonds is 3. The van der Waals surface area contributed by atoms with Gasteiger partial charge in [0.25, 0.3) is 5.91 Å². The number of anilines is 1. The van der Waals surface area contributed by atoms with Crippen LogP contribution < -0.4 is 10.9 Å². The first-order chi connectivity index (χ1) is 13.1. The number of para-hydroxylation sites is 1. The highest BCUT2D eigenvalue weighted by atomic mass is 35.5. The van der Waals surface area contributed by atoms with E-state index >= 15 is 0 Å². The number of hydrogen-bond acceptors (Lipinski definition) is 5. The highest BCUT2D eigenvalue weighted by Gasteiger charge is 2.14. The maximum absolute atomic E-state index is 12.8. The fourth-order valence-electron chi connectivity index (χ4n) is 2.59. The van der Waals surface area contributed by atoms with E-state index in [1.807, 2.05) is 43.3 Å². The van der Waals surface area contributed by atoms with Crippen molar-refractivity contribution < 1.29 is 9.21 Å². The second kappa shape index (κ2) is 7.34. The summed E-state index contributed by atoms with van der Waals surface area (Å²) in [4.78, 5) is 21.5. The topological polar surface area (TPSA) is 67.5 Å². The van der Waals surface area contributed by atoms with Crippen molar-refractivity contribution in [3.8, 4) is 0 Å². The Labute approximate surface area is 164 Å². The maximum Gasteiger partial charge on any atom is 0.262 e.